The molecule has 0 heterocycles. The number of hydrogen-bond donors (Lipinski definition) is 0. The highest BCUT2D eigenvalue weighted by atomic mass is 15.2. The molecular weight excluding hydrogens is 627 g/mol. The van der Waals surface area contributed by atoms with Gasteiger partial charge in [0, 0.05) is 21.8 Å². The summed E-state index contributed by atoms with van der Waals surface area (Å²) in [5, 5.41) is 0. The molecule has 252 valence electrons. The molecule has 3 aliphatic carbocycles. The molecule has 0 saturated carbocycles. The second kappa shape index (κ2) is 10.7. The summed E-state index contributed by atoms with van der Waals surface area (Å²) in [6, 6.07) is 57.0. The maximum absolute atomic E-state index is 2.62. The van der Waals surface area contributed by atoms with Gasteiger partial charge in [0.1, 0.15) is 0 Å². The van der Waals surface area contributed by atoms with E-state index in [1.54, 1.807) is 0 Å². The van der Waals surface area contributed by atoms with Crippen LogP contribution in [0.25, 0.3) is 44.5 Å². The third kappa shape index (κ3) is 4.00. The van der Waals surface area contributed by atoms with Gasteiger partial charge in [-0.3, -0.25) is 0 Å². The van der Waals surface area contributed by atoms with Crippen LogP contribution in [0.2, 0.25) is 0 Å². The lowest BCUT2D eigenvalue weighted by Gasteiger charge is -2.36. The van der Waals surface area contributed by atoms with Crippen molar-refractivity contribution in [3.8, 4) is 44.5 Å². The van der Waals surface area contributed by atoms with Crippen molar-refractivity contribution in [3.63, 3.8) is 0 Å². The van der Waals surface area contributed by atoms with Gasteiger partial charge in [-0.1, -0.05) is 175 Å². The Labute approximate surface area is 308 Å². The lowest BCUT2D eigenvalue weighted by atomic mass is 9.79. The molecule has 0 unspecified atom stereocenters. The molecule has 0 fully saturated rings. The highest BCUT2D eigenvalue weighted by molar-refractivity contribution is 6.01. The monoisotopic (exact) mass is 669 g/mol. The first kappa shape index (κ1) is 31.1. The zero-order valence-electron chi connectivity index (χ0n) is 30.9. The van der Waals surface area contributed by atoms with Crippen molar-refractivity contribution in [2.75, 3.05) is 4.90 Å². The van der Waals surface area contributed by atoms with Gasteiger partial charge in [0.05, 0.1) is 17.1 Å². The van der Waals surface area contributed by atoms with Crippen molar-refractivity contribution in [1.29, 1.82) is 0 Å². The first-order valence-electron chi connectivity index (χ1n) is 18.7. The molecule has 0 atom stereocenters. The standard InChI is InChI=1S/C51H43N/c1-49(2)41-27-13-9-21-38(41)46-35(22-15-28-42(46)49)34-20-10-14-29-43(34)52(44-30-16-23-36-32-18-7-11-25-39(32)50(3,4)47(36)44)45-31-17-24-37-33-19-8-12-26-40(33)51(5,6)48(37)45/h7-31H,1-6H3. The summed E-state index contributed by atoms with van der Waals surface area (Å²) in [6.45, 7) is 14.4. The van der Waals surface area contributed by atoms with Gasteiger partial charge in [-0.05, 0) is 90.5 Å². The number of para-hydroxylation sites is 1. The summed E-state index contributed by atoms with van der Waals surface area (Å²) in [5.74, 6) is 0. The summed E-state index contributed by atoms with van der Waals surface area (Å²) in [7, 11) is 0. The topological polar surface area (TPSA) is 3.24 Å². The Morgan fingerprint density at radius 1 is 0.288 bits per heavy atom. The smallest absolute Gasteiger partial charge is 0.0540 e. The lowest BCUT2D eigenvalue weighted by Crippen LogP contribution is -2.24. The minimum Gasteiger partial charge on any atom is -0.309 e. The molecule has 0 radical (unpaired) electrons. The van der Waals surface area contributed by atoms with Crippen LogP contribution < -0.4 is 4.90 Å². The molecule has 0 N–H and O–H groups in total. The molecule has 0 spiro atoms. The SMILES string of the molecule is CC1(C)c2ccccc2-c2c(-c3ccccc3N(c3cccc4c3C(C)(C)c3ccccc3-4)c3cccc4c3C(C)(C)c3ccccc3-4)cccc21. The van der Waals surface area contributed by atoms with E-state index in [1.165, 1.54) is 95.0 Å². The van der Waals surface area contributed by atoms with Gasteiger partial charge in [-0.25, -0.2) is 0 Å². The van der Waals surface area contributed by atoms with Crippen molar-refractivity contribution in [2.45, 2.75) is 57.8 Å². The quantitative estimate of drug-likeness (QED) is 0.180. The second-order valence-electron chi connectivity index (χ2n) is 16.5. The number of benzene rings is 7. The van der Waals surface area contributed by atoms with Gasteiger partial charge < -0.3 is 4.90 Å². The maximum Gasteiger partial charge on any atom is 0.0540 e. The van der Waals surface area contributed by atoms with Crippen LogP contribution in [-0.4, -0.2) is 0 Å². The van der Waals surface area contributed by atoms with Crippen LogP contribution in [0.4, 0.5) is 17.1 Å². The van der Waals surface area contributed by atoms with E-state index in [4.69, 9.17) is 0 Å². The highest BCUT2D eigenvalue weighted by Crippen LogP contribution is 2.60. The number of hydrogen-bond acceptors (Lipinski definition) is 1. The molecule has 1 heteroatoms. The summed E-state index contributed by atoms with van der Waals surface area (Å²) in [6.07, 6.45) is 0. The summed E-state index contributed by atoms with van der Waals surface area (Å²) in [4.78, 5) is 2.62. The van der Waals surface area contributed by atoms with Crippen LogP contribution in [0.15, 0.2) is 152 Å². The van der Waals surface area contributed by atoms with Crippen molar-refractivity contribution >= 4 is 17.1 Å². The Balaban J connectivity index is 1.30. The fraction of sp³-hybridized carbons (Fsp3) is 0.176. The first-order valence-corrected chi connectivity index (χ1v) is 18.7. The van der Waals surface area contributed by atoms with Gasteiger partial charge in [0.2, 0.25) is 0 Å². The summed E-state index contributed by atoms with van der Waals surface area (Å²) in [5.41, 5.74) is 22.1. The largest absolute Gasteiger partial charge is 0.309 e. The number of anilines is 3. The van der Waals surface area contributed by atoms with Crippen LogP contribution in [0.1, 0.15) is 74.9 Å². The fourth-order valence-electron chi connectivity index (χ4n) is 10.3. The van der Waals surface area contributed by atoms with Crippen molar-refractivity contribution in [3.05, 3.63) is 185 Å². The molecule has 0 aromatic heterocycles. The van der Waals surface area contributed by atoms with Gasteiger partial charge in [0.15, 0.2) is 0 Å². The van der Waals surface area contributed by atoms with Crippen molar-refractivity contribution in [2.24, 2.45) is 0 Å². The zero-order valence-corrected chi connectivity index (χ0v) is 30.9. The van der Waals surface area contributed by atoms with E-state index in [-0.39, 0.29) is 16.2 Å². The Hall–Kier alpha value is -5.66. The number of nitrogens with zero attached hydrogens (tertiary/aromatic N) is 1. The average Bonchev–Trinajstić information content (AvgIpc) is 3.66. The molecule has 52 heavy (non-hydrogen) atoms. The zero-order chi connectivity index (χ0) is 35.6. The molecule has 0 amide bonds. The van der Waals surface area contributed by atoms with Crippen LogP contribution in [0.5, 0.6) is 0 Å². The van der Waals surface area contributed by atoms with E-state index < -0.39 is 0 Å². The van der Waals surface area contributed by atoms with Crippen molar-refractivity contribution < 1.29 is 0 Å². The predicted octanol–water partition coefficient (Wildman–Crippen LogP) is 13.7. The van der Waals surface area contributed by atoms with Gasteiger partial charge in [-0.2, -0.15) is 0 Å². The molecule has 7 aromatic rings. The predicted molar refractivity (Wildman–Crippen MR) is 219 cm³/mol. The minimum absolute atomic E-state index is 0.0807. The Morgan fingerprint density at radius 2 is 0.654 bits per heavy atom. The molecule has 0 saturated heterocycles. The normalized spacial score (nSPS) is 16.0. The van der Waals surface area contributed by atoms with Crippen LogP contribution >= 0.6 is 0 Å². The Morgan fingerprint density at radius 3 is 1.21 bits per heavy atom. The molecule has 1 nitrogen and oxygen atoms in total. The molecule has 0 bridgehead atoms. The third-order valence-corrected chi connectivity index (χ3v) is 12.6. The summed E-state index contributed by atoms with van der Waals surface area (Å²) >= 11 is 0. The number of fused-ring (bicyclic) bond motifs is 9. The second-order valence-corrected chi connectivity index (χ2v) is 16.5. The Bertz CT molecular complexity index is 2510. The van der Waals surface area contributed by atoms with E-state index in [9.17, 15) is 0 Å². The van der Waals surface area contributed by atoms with E-state index >= 15 is 0 Å². The fourth-order valence-corrected chi connectivity index (χ4v) is 10.3. The minimum atomic E-state index is -0.191. The molecule has 3 aliphatic rings. The molecular formula is C51H43N. The van der Waals surface area contributed by atoms with E-state index in [1.807, 2.05) is 0 Å². The third-order valence-electron chi connectivity index (χ3n) is 12.6. The van der Waals surface area contributed by atoms with Gasteiger partial charge in [-0.15, -0.1) is 0 Å². The maximum atomic E-state index is 2.62. The average molecular weight is 670 g/mol. The van der Waals surface area contributed by atoms with Gasteiger partial charge >= 0.3 is 0 Å². The van der Waals surface area contributed by atoms with E-state index in [0.29, 0.717) is 0 Å². The number of rotatable bonds is 4. The van der Waals surface area contributed by atoms with E-state index in [2.05, 4.69) is 198 Å². The van der Waals surface area contributed by atoms with Crippen LogP contribution in [0.3, 0.4) is 0 Å². The van der Waals surface area contributed by atoms with Gasteiger partial charge in [0.25, 0.3) is 0 Å². The summed E-state index contributed by atoms with van der Waals surface area (Å²) < 4.78 is 0. The lowest BCUT2D eigenvalue weighted by molar-refractivity contribution is 0.656. The van der Waals surface area contributed by atoms with Crippen LogP contribution in [0, 0.1) is 0 Å². The van der Waals surface area contributed by atoms with E-state index in [0.717, 1.165) is 0 Å². The highest BCUT2D eigenvalue weighted by Gasteiger charge is 2.43. The Kier molecular flexibility index (Phi) is 6.39. The molecule has 7 aromatic carbocycles. The first-order chi connectivity index (χ1) is 25.1. The van der Waals surface area contributed by atoms with Crippen LogP contribution in [-0.2, 0) is 16.2 Å². The van der Waals surface area contributed by atoms with Crippen molar-refractivity contribution in [1.82, 2.24) is 0 Å². The molecule has 10 rings (SSSR count). The molecule has 0 aliphatic heterocycles.